The maximum atomic E-state index is 12.4. The number of nitrogens with one attached hydrogen (secondary N) is 1. The summed E-state index contributed by atoms with van der Waals surface area (Å²) in [6.45, 7) is 8.52. The van der Waals surface area contributed by atoms with Crippen LogP contribution in [-0.2, 0) is 10.2 Å². The van der Waals surface area contributed by atoms with Crippen LogP contribution < -0.4 is 5.32 Å². The molecule has 2 nitrogen and oxygen atoms in total. The molecule has 1 aliphatic rings. The molecule has 1 aromatic rings. The second-order valence-electron chi connectivity index (χ2n) is 5.38. The van der Waals surface area contributed by atoms with Crippen LogP contribution in [0.1, 0.15) is 44.7 Å². The summed E-state index contributed by atoms with van der Waals surface area (Å²) >= 11 is 0. The molecule has 0 aliphatic carbocycles. The van der Waals surface area contributed by atoms with Gasteiger partial charge in [-0.1, -0.05) is 44.9 Å². The van der Waals surface area contributed by atoms with Crippen LogP contribution in [0.15, 0.2) is 18.2 Å². The third kappa shape index (κ3) is 1.67. The molecular formula is C15H21NO. The lowest BCUT2D eigenvalue weighted by atomic mass is 9.69. The van der Waals surface area contributed by atoms with E-state index >= 15 is 0 Å². The highest BCUT2D eigenvalue weighted by Crippen LogP contribution is 2.46. The molecule has 92 valence electrons. The average Bonchev–Trinajstić information content (AvgIpc) is 2.53. The lowest BCUT2D eigenvalue weighted by Gasteiger charge is -2.31. The Kier molecular flexibility index (Phi) is 2.98. The molecule has 0 bridgehead atoms. The van der Waals surface area contributed by atoms with Crippen molar-refractivity contribution in [2.45, 2.75) is 46.0 Å². The van der Waals surface area contributed by atoms with Crippen LogP contribution in [0, 0.1) is 12.8 Å². The van der Waals surface area contributed by atoms with Gasteiger partial charge in [-0.25, -0.2) is 0 Å². The second-order valence-corrected chi connectivity index (χ2v) is 5.38. The fourth-order valence-electron chi connectivity index (χ4n) is 3.00. The summed E-state index contributed by atoms with van der Waals surface area (Å²) < 4.78 is 0. The van der Waals surface area contributed by atoms with Gasteiger partial charge in [-0.15, -0.1) is 0 Å². The van der Waals surface area contributed by atoms with Gasteiger partial charge in [0.2, 0.25) is 5.91 Å². The van der Waals surface area contributed by atoms with Crippen LogP contribution in [-0.4, -0.2) is 5.91 Å². The fraction of sp³-hybridized carbons (Fsp3) is 0.533. The van der Waals surface area contributed by atoms with E-state index in [9.17, 15) is 4.79 Å². The molecule has 0 aromatic heterocycles. The third-order valence-electron chi connectivity index (χ3n) is 3.94. The summed E-state index contributed by atoms with van der Waals surface area (Å²) in [6, 6.07) is 6.26. The van der Waals surface area contributed by atoms with Gasteiger partial charge in [0.25, 0.3) is 0 Å². The predicted molar refractivity (Wildman–Crippen MR) is 71.2 cm³/mol. The van der Waals surface area contributed by atoms with E-state index in [1.165, 1.54) is 11.1 Å². The topological polar surface area (TPSA) is 29.1 Å². The maximum Gasteiger partial charge on any atom is 0.235 e. The number of hydrogen-bond donors (Lipinski definition) is 1. The predicted octanol–water partition coefficient (Wildman–Crippen LogP) is 3.64. The van der Waals surface area contributed by atoms with Crippen LogP contribution in [0.4, 0.5) is 5.69 Å². The Bertz CT molecular complexity index is 450. The molecule has 1 aromatic carbocycles. The number of anilines is 1. The Morgan fingerprint density at radius 1 is 1.35 bits per heavy atom. The number of hydrogen-bond acceptors (Lipinski definition) is 1. The highest BCUT2D eigenvalue weighted by Gasteiger charge is 2.48. The SMILES string of the molecule is CCCC1(C(C)C)C(=O)Nc2ccc(C)cc21. The Labute approximate surface area is 103 Å². The van der Waals surface area contributed by atoms with Crippen LogP contribution in [0.25, 0.3) is 0 Å². The van der Waals surface area contributed by atoms with Crippen LogP contribution in [0.5, 0.6) is 0 Å². The van der Waals surface area contributed by atoms with Gasteiger partial charge < -0.3 is 5.32 Å². The van der Waals surface area contributed by atoms with E-state index in [1.807, 2.05) is 6.07 Å². The Morgan fingerprint density at radius 3 is 2.65 bits per heavy atom. The van der Waals surface area contributed by atoms with E-state index in [4.69, 9.17) is 0 Å². The molecule has 2 heteroatoms. The van der Waals surface area contributed by atoms with E-state index in [1.54, 1.807) is 0 Å². The molecule has 1 heterocycles. The Hall–Kier alpha value is -1.31. The standard InChI is InChI=1S/C15H21NO/c1-5-8-15(10(2)3)12-9-11(4)6-7-13(12)16-14(15)17/h6-7,9-10H,5,8H2,1-4H3,(H,16,17). The van der Waals surface area contributed by atoms with Gasteiger partial charge in [0.1, 0.15) is 0 Å². The molecule has 0 fully saturated rings. The molecule has 0 saturated heterocycles. The Morgan fingerprint density at radius 2 is 2.06 bits per heavy atom. The number of aryl methyl sites for hydroxylation is 1. The molecule has 1 amide bonds. The largest absolute Gasteiger partial charge is 0.325 e. The summed E-state index contributed by atoms with van der Waals surface area (Å²) in [5, 5.41) is 3.04. The molecule has 0 spiro atoms. The van der Waals surface area contributed by atoms with Crippen molar-refractivity contribution >= 4 is 11.6 Å². The molecule has 1 aliphatic heterocycles. The number of benzene rings is 1. The summed E-state index contributed by atoms with van der Waals surface area (Å²) in [6.07, 6.45) is 1.95. The van der Waals surface area contributed by atoms with E-state index in [-0.39, 0.29) is 11.3 Å². The number of amides is 1. The normalized spacial score (nSPS) is 22.8. The number of carbonyl (C=O) groups excluding carboxylic acids is 1. The van der Waals surface area contributed by atoms with Crippen LogP contribution in [0.2, 0.25) is 0 Å². The monoisotopic (exact) mass is 231 g/mol. The molecular weight excluding hydrogens is 210 g/mol. The van der Waals surface area contributed by atoms with Crippen molar-refractivity contribution < 1.29 is 4.79 Å². The summed E-state index contributed by atoms with van der Waals surface area (Å²) in [5.41, 5.74) is 3.10. The van der Waals surface area contributed by atoms with Crippen molar-refractivity contribution in [3.63, 3.8) is 0 Å². The first-order chi connectivity index (χ1) is 8.02. The molecule has 1 atom stereocenters. The zero-order chi connectivity index (χ0) is 12.6. The minimum Gasteiger partial charge on any atom is -0.325 e. The van der Waals surface area contributed by atoms with Crippen LogP contribution in [0.3, 0.4) is 0 Å². The zero-order valence-corrected chi connectivity index (χ0v) is 11.1. The zero-order valence-electron chi connectivity index (χ0n) is 11.1. The molecule has 0 radical (unpaired) electrons. The van der Waals surface area contributed by atoms with Crippen LogP contribution >= 0.6 is 0 Å². The van der Waals surface area contributed by atoms with E-state index in [2.05, 4.69) is 45.1 Å². The lowest BCUT2D eigenvalue weighted by Crippen LogP contribution is -2.39. The van der Waals surface area contributed by atoms with E-state index < -0.39 is 0 Å². The van der Waals surface area contributed by atoms with Crippen molar-refractivity contribution in [2.24, 2.45) is 5.92 Å². The number of carbonyl (C=O) groups is 1. The number of fused-ring (bicyclic) bond motifs is 1. The molecule has 0 saturated carbocycles. The molecule has 1 N–H and O–H groups in total. The quantitative estimate of drug-likeness (QED) is 0.845. The fourth-order valence-corrected chi connectivity index (χ4v) is 3.00. The van der Waals surface area contributed by atoms with Gasteiger partial charge in [-0.3, -0.25) is 4.79 Å². The maximum absolute atomic E-state index is 12.4. The van der Waals surface area contributed by atoms with Crippen molar-refractivity contribution in [3.05, 3.63) is 29.3 Å². The molecule has 2 rings (SSSR count). The average molecular weight is 231 g/mol. The van der Waals surface area contributed by atoms with Crippen molar-refractivity contribution in [1.82, 2.24) is 0 Å². The molecule has 1 unspecified atom stereocenters. The van der Waals surface area contributed by atoms with Gasteiger partial charge in [0.15, 0.2) is 0 Å². The van der Waals surface area contributed by atoms with Crippen molar-refractivity contribution in [2.75, 3.05) is 5.32 Å². The van der Waals surface area contributed by atoms with Gasteiger partial charge in [-0.2, -0.15) is 0 Å². The second kappa shape index (κ2) is 4.17. The van der Waals surface area contributed by atoms with Gasteiger partial charge in [0, 0.05) is 5.69 Å². The van der Waals surface area contributed by atoms with E-state index in [0.717, 1.165) is 18.5 Å². The minimum atomic E-state index is -0.323. The lowest BCUT2D eigenvalue weighted by molar-refractivity contribution is -0.122. The van der Waals surface area contributed by atoms with Crippen molar-refractivity contribution in [1.29, 1.82) is 0 Å². The van der Waals surface area contributed by atoms with Gasteiger partial charge in [0.05, 0.1) is 5.41 Å². The summed E-state index contributed by atoms with van der Waals surface area (Å²) in [4.78, 5) is 12.4. The first kappa shape index (κ1) is 12.2. The van der Waals surface area contributed by atoms with Crippen molar-refractivity contribution in [3.8, 4) is 0 Å². The Balaban J connectivity index is 2.61. The number of rotatable bonds is 3. The summed E-state index contributed by atoms with van der Waals surface area (Å²) in [7, 11) is 0. The van der Waals surface area contributed by atoms with Gasteiger partial charge in [-0.05, 0) is 30.9 Å². The smallest absolute Gasteiger partial charge is 0.235 e. The first-order valence-corrected chi connectivity index (χ1v) is 6.45. The van der Waals surface area contributed by atoms with E-state index in [0.29, 0.717) is 5.92 Å². The molecule has 17 heavy (non-hydrogen) atoms. The van der Waals surface area contributed by atoms with Gasteiger partial charge >= 0.3 is 0 Å². The first-order valence-electron chi connectivity index (χ1n) is 6.45. The third-order valence-corrected chi connectivity index (χ3v) is 3.94. The highest BCUT2D eigenvalue weighted by atomic mass is 16.2. The summed E-state index contributed by atoms with van der Waals surface area (Å²) in [5.74, 6) is 0.500. The highest BCUT2D eigenvalue weighted by molar-refractivity contribution is 6.06. The minimum absolute atomic E-state index is 0.176.